The lowest BCUT2D eigenvalue weighted by Crippen LogP contribution is -2.43. The second-order valence-electron chi connectivity index (χ2n) is 8.73. The lowest BCUT2D eigenvalue weighted by atomic mass is 9.77. The Hall–Kier alpha value is -3.29. The van der Waals surface area contributed by atoms with Crippen molar-refractivity contribution in [2.75, 3.05) is 44.7 Å². The first kappa shape index (κ1) is 20.6. The Morgan fingerprint density at radius 3 is 2.84 bits per heavy atom. The first-order chi connectivity index (χ1) is 15.6. The lowest BCUT2D eigenvalue weighted by molar-refractivity contribution is 0.0632. The van der Waals surface area contributed by atoms with Gasteiger partial charge in [-0.05, 0) is 49.9 Å². The first-order valence-corrected chi connectivity index (χ1v) is 10.9. The van der Waals surface area contributed by atoms with Gasteiger partial charge in [0.25, 0.3) is 0 Å². The van der Waals surface area contributed by atoms with Crippen LogP contribution in [0, 0.1) is 16.7 Å². The number of rotatable bonds is 5. The Morgan fingerprint density at radius 1 is 1.25 bits per heavy atom. The van der Waals surface area contributed by atoms with Crippen molar-refractivity contribution in [2.24, 2.45) is 5.41 Å². The van der Waals surface area contributed by atoms with Crippen LogP contribution in [0.4, 0.5) is 5.82 Å². The molecule has 1 spiro atoms. The standard InChI is InChI=1S/C22H26N8O2/c1-32-19-10-17(24-12-16(19)11-23)18(31)13-28-7-4-22(5-8-28)6-9-29(14-22)21-3-2-20-26-25-15-30(20)27-21/h2-3,10,12,15,18,31H,4-9,13-14H2,1H3/t18-/m0/s1. The second-order valence-corrected chi connectivity index (χ2v) is 8.73. The predicted molar refractivity (Wildman–Crippen MR) is 116 cm³/mol. The minimum atomic E-state index is -0.717. The number of β-amino-alcohol motifs (C(OH)–C–C–N with tert-alkyl or cyclic N) is 1. The summed E-state index contributed by atoms with van der Waals surface area (Å²) in [6, 6.07) is 7.68. The van der Waals surface area contributed by atoms with E-state index in [1.165, 1.54) is 13.3 Å². The van der Waals surface area contributed by atoms with Gasteiger partial charge in [-0.25, -0.2) is 0 Å². The molecule has 166 valence electrons. The molecular weight excluding hydrogens is 408 g/mol. The lowest BCUT2D eigenvalue weighted by Gasteiger charge is -2.39. The molecule has 0 amide bonds. The average molecular weight is 435 g/mol. The number of likely N-dealkylation sites (tertiary alicyclic amines) is 1. The molecule has 5 rings (SSSR count). The van der Waals surface area contributed by atoms with Crippen LogP contribution in [0.15, 0.2) is 30.7 Å². The van der Waals surface area contributed by atoms with Crippen LogP contribution in [-0.4, -0.2) is 74.6 Å². The van der Waals surface area contributed by atoms with Crippen molar-refractivity contribution < 1.29 is 9.84 Å². The summed E-state index contributed by atoms with van der Waals surface area (Å²) in [6.07, 6.45) is 5.71. The molecule has 10 nitrogen and oxygen atoms in total. The van der Waals surface area contributed by atoms with Crippen molar-refractivity contribution in [3.63, 3.8) is 0 Å². The number of fused-ring (bicyclic) bond motifs is 1. The van der Waals surface area contributed by atoms with E-state index in [4.69, 9.17) is 10.00 Å². The van der Waals surface area contributed by atoms with E-state index in [1.54, 1.807) is 16.9 Å². The van der Waals surface area contributed by atoms with Gasteiger partial charge < -0.3 is 19.6 Å². The van der Waals surface area contributed by atoms with Gasteiger partial charge in [0.05, 0.1) is 12.8 Å². The Bertz CT molecular complexity index is 1150. The molecule has 0 aliphatic carbocycles. The molecule has 1 N–H and O–H groups in total. The summed E-state index contributed by atoms with van der Waals surface area (Å²) in [7, 11) is 1.52. The molecule has 32 heavy (non-hydrogen) atoms. The average Bonchev–Trinajstić information content (AvgIpc) is 3.47. The minimum Gasteiger partial charge on any atom is -0.495 e. The number of nitrogens with zero attached hydrogens (tertiary/aromatic N) is 8. The highest BCUT2D eigenvalue weighted by atomic mass is 16.5. The highest BCUT2D eigenvalue weighted by Crippen LogP contribution is 2.41. The van der Waals surface area contributed by atoms with Crippen LogP contribution in [0.1, 0.15) is 36.6 Å². The zero-order chi connectivity index (χ0) is 22.1. The molecule has 0 saturated carbocycles. The molecule has 0 radical (unpaired) electrons. The molecule has 3 aromatic rings. The van der Waals surface area contributed by atoms with E-state index in [-0.39, 0.29) is 0 Å². The van der Waals surface area contributed by atoms with Crippen molar-refractivity contribution in [3.05, 3.63) is 42.0 Å². The molecule has 2 saturated heterocycles. The summed E-state index contributed by atoms with van der Waals surface area (Å²) >= 11 is 0. The number of hydrogen-bond acceptors (Lipinski definition) is 9. The SMILES string of the molecule is COc1cc([C@@H](O)CN2CCC3(CC2)CCN(c2ccc4nncn4n2)C3)ncc1C#N. The minimum absolute atomic E-state index is 0.293. The predicted octanol–water partition coefficient (Wildman–Crippen LogP) is 1.43. The third kappa shape index (κ3) is 3.85. The molecule has 2 aliphatic rings. The fourth-order valence-electron chi connectivity index (χ4n) is 4.86. The summed E-state index contributed by atoms with van der Waals surface area (Å²) in [5.41, 5.74) is 1.95. The second kappa shape index (κ2) is 8.33. The van der Waals surface area contributed by atoms with E-state index in [0.717, 1.165) is 56.9 Å². The number of aliphatic hydroxyl groups is 1. The summed E-state index contributed by atoms with van der Waals surface area (Å²) in [5.74, 6) is 1.41. The number of pyridine rings is 1. The summed E-state index contributed by atoms with van der Waals surface area (Å²) < 4.78 is 6.96. The highest BCUT2D eigenvalue weighted by molar-refractivity contribution is 5.46. The van der Waals surface area contributed by atoms with Crippen molar-refractivity contribution in [3.8, 4) is 11.8 Å². The number of ether oxygens (including phenoxy) is 1. The van der Waals surface area contributed by atoms with E-state index >= 15 is 0 Å². The van der Waals surface area contributed by atoms with Gasteiger partial charge >= 0.3 is 0 Å². The van der Waals surface area contributed by atoms with E-state index in [9.17, 15) is 5.11 Å². The van der Waals surface area contributed by atoms with E-state index in [1.807, 2.05) is 18.2 Å². The van der Waals surface area contributed by atoms with Crippen LogP contribution in [0.5, 0.6) is 5.75 Å². The molecule has 10 heteroatoms. The van der Waals surface area contributed by atoms with Gasteiger partial charge in [0.2, 0.25) is 0 Å². The number of nitriles is 1. The molecule has 5 heterocycles. The third-order valence-corrected chi connectivity index (χ3v) is 6.83. The molecule has 0 unspecified atom stereocenters. The van der Waals surface area contributed by atoms with Crippen LogP contribution < -0.4 is 9.64 Å². The monoisotopic (exact) mass is 434 g/mol. The van der Waals surface area contributed by atoms with Gasteiger partial charge in [0.15, 0.2) is 5.65 Å². The van der Waals surface area contributed by atoms with Crippen LogP contribution in [-0.2, 0) is 0 Å². The van der Waals surface area contributed by atoms with Gasteiger partial charge in [0.1, 0.15) is 35.6 Å². The summed E-state index contributed by atoms with van der Waals surface area (Å²) in [5, 5.41) is 32.4. The fourth-order valence-corrected chi connectivity index (χ4v) is 4.86. The van der Waals surface area contributed by atoms with Gasteiger partial charge in [-0.1, -0.05) is 0 Å². The molecule has 0 aromatic carbocycles. The molecule has 3 aromatic heterocycles. The van der Waals surface area contributed by atoms with E-state index in [2.05, 4.69) is 30.1 Å². The maximum atomic E-state index is 10.7. The van der Waals surface area contributed by atoms with Crippen molar-refractivity contribution in [2.45, 2.75) is 25.4 Å². The number of aliphatic hydroxyl groups excluding tert-OH is 1. The molecule has 1 atom stereocenters. The molecule has 2 aliphatic heterocycles. The molecule has 0 bridgehead atoms. The normalized spacial score (nSPS) is 19.3. The molecule has 2 fully saturated rings. The number of anilines is 1. The van der Waals surface area contributed by atoms with Gasteiger partial charge in [-0.2, -0.15) is 9.78 Å². The van der Waals surface area contributed by atoms with E-state index < -0.39 is 6.10 Å². The van der Waals surface area contributed by atoms with Gasteiger partial charge in [0, 0.05) is 31.9 Å². The third-order valence-electron chi connectivity index (χ3n) is 6.83. The van der Waals surface area contributed by atoms with E-state index in [0.29, 0.717) is 29.0 Å². The van der Waals surface area contributed by atoms with Crippen LogP contribution in [0.3, 0.4) is 0 Å². The maximum Gasteiger partial charge on any atom is 0.177 e. The zero-order valence-electron chi connectivity index (χ0n) is 18.1. The Labute approximate surface area is 186 Å². The van der Waals surface area contributed by atoms with Gasteiger partial charge in [-0.15, -0.1) is 15.3 Å². The maximum absolute atomic E-state index is 10.7. The van der Waals surface area contributed by atoms with Crippen LogP contribution in [0.2, 0.25) is 0 Å². The summed E-state index contributed by atoms with van der Waals surface area (Å²) in [6.45, 7) is 4.40. The number of aromatic nitrogens is 5. The van der Waals surface area contributed by atoms with Crippen LogP contribution >= 0.6 is 0 Å². The fraction of sp³-hybridized carbons (Fsp3) is 0.500. The molecular formula is C22H26N8O2. The Kier molecular flexibility index (Phi) is 5.36. The Morgan fingerprint density at radius 2 is 2.06 bits per heavy atom. The number of piperidine rings is 1. The zero-order valence-corrected chi connectivity index (χ0v) is 18.1. The quantitative estimate of drug-likeness (QED) is 0.636. The Balaban J connectivity index is 1.18. The first-order valence-electron chi connectivity index (χ1n) is 10.9. The number of hydrogen-bond donors (Lipinski definition) is 1. The van der Waals surface area contributed by atoms with Crippen molar-refractivity contribution in [1.82, 2.24) is 29.7 Å². The largest absolute Gasteiger partial charge is 0.495 e. The highest BCUT2D eigenvalue weighted by Gasteiger charge is 2.41. The smallest absolute Gasteiger partial charge is 0.177 e. The van der Waals surface area contributed by atoms with Crippen LogP contribution in [0.25, 0.3) is 5.65 Å². The van der Waals surface area contributed by atoms with Crippen molar-refractivity contribution in [1.29, 1.82) is 5.26 Å². The summed E-state index contributed by atoms with van der Waals surface area (Å²) in [4.78, 5) is 8.91. The van der Waals surface area contributed by atoms with Gasteiger partial charge in [-0.3, -0.25) is 4.98 Å². The van der Waals surface area contributed by atoms with Crippen molar-refractivity contribution >= 4 is 11.5 Å². The number of methoxy groups -OCH3 is 1. The topological polar surface area (TPSA) is 116 Å².